The van der Waals surface area contributed by atoms with Crippen LogP contribution >= 0.6 is 7.82 Å². The van der Waals surface area contributed by atoms with Crippen molar-refractivity contribution in [2.75, 3.05) is 40.5 Å². The van der Waals surface area contributed by atoms with Gasteiger partial charge in [-0.3, -0.25) is 18.6 Å². The number of phosphoric ester groups is 1. The summed E-state index contributed by atoms with van der Waals surface area (Å²) in [5, 5.41) is 0. The third kappa shape index (κ3) is 41.7. The topological polar surface area (TPSA) is 112 Å². The van der Waals surface area contributed by atoms with E-state index in [1.807, 2.05) is 19.0 Å². The van der Waals surface area contributed by atoms with E-state index < -0.39 is 26.5 Å². The first-order valence-electron chi connectivity index (χ1n) is 22.3. The lowest BCUT2D eigenvalue weighted by molar-refractivity contribution is -0.161. The lowest BCUT2D eigenvalue weighted by Crippen LogP contribution is -2.29. The highest BCUT2D eigenvalue weighted by atomic mass is 31.2. The first-order chi connectivity index (χ1) is 26.7. The maximum absolute atomic E-state index is 12.7. The molecule has 9 nitrogen and oxygen atoms in total. The van der Waals surface area contributed by atoms with Gasteiger partial charge in [0.25, 0.3) is 0 Å². The summed E-state index contributed by atoms with van der Waals surface area (Å²) >= 11 is 0. The van der Waals surface area contributed by atoms with Crippen molar-refractivity contribution in [1.82, 2.24) is 4.90 Å². The molecule has 0 fully saturated rings. The van der Waals surface area contributed by atoms with Gasteiger partial charge < -0.3 is 19.3 Å². The molecule has 55 heavy (non-hydrogen) atoms. The summed E-state index contributed by atoms with van der Waals surface area (Å²) in [4.78, 5) is 37.0. The van der Waals surface area contributed by atoms with Crippen LogP contribution in [0.25, 0.3) is 0 Å². The van der Waals surface area contributed by atoms with Gasteiger partial charge >= 0.3 is 19.8 Å². The molecule has 0 aliphatic heterocycles. The number of hydrogen-bond donors (Lipinski definition) is 1. The average molecular weight is 798 g/mol. The Labute approximate surface area is 338 Å². The van der Waals surface area contributed by atoms with E-state index in [0.29, 0.717) is 13.0 Å². The Morgan fingerprint density at radius 3 is 1.49 bits per heavy atom. The average Bonchev–Trinajstić information content (AvgIpc) is 3.15. The van der Waals surface area contributed by atoms with Gasteiger partial charge in [0.15, 0.2) is 6.10 Å². The Morgan fingerprint density at radius 2 is 0.982 bits per heavy atom. The van der Waals surface area contributed by atoms with Gasteiger partial charge in [-0.2, -0.15) is 0 Å². The molecule has 0 rings (SSSR count). The second-order valence-corrected chi connectivity index (χ2v) is 16.7. The van der Waals surface area contributed by atoms with Crippen molar-refractivity contribution in [1.29, 1.82) is 0 Å². The number of carbonyl (C=O) groups excluding carboxylic acids is 2. The van der Waals surface area contributed by atoms with Crippen LogP contribution in [0.2, 0.25) is 0 Å². The Kier molecular flexibility index (Phi) is 39.1. The smallest absolute Gasteiger partial charge is 0.462 e. The molecular formula is C45H84NO8P. The number of ether oxygens (including phenoxy) is 2. The zero-order chi connectivity index (χ0) is 40.5. The fraction of sp³-hybridized carbons (Fsp3) is 0.822. The number of phosphoric acid groups is 1. The molecule has 0 bridgehead atoms. The minimum Gasteiger partial charge on any atom is -0.462 e. The SMILES string of the molecule is CCCCC/C=C\C/C=C\CCCCCCCCCC(=O)OC(COC(=O)CCCCCCCCC/C=C\CCCCCC)COP(=O)(O)OCCN(C)C. The second-order valence-electron chi connectivity index (χ2n) is 15.2. The number of allylic oxidation sites excluding steroid dienone is 6. The molecule has 0 aliphatic carbocycles. The normalized spacial score (nSPS) is 13.7. The van der Waals surface area contributed by atoms with E-state index in [9.17, 15) is 19.0 Å². The summed E-state index contributed by atoms with van der Waals surface area (Å²) in [6.07, 6.45) is 43.2. The van der Waals surface area contributed by atoms with Crippen molar-refractivity contribution in [2.24, 2.45) is 0 Å². The van der Waals surface area contributed by atoms with Crippen LogP contribution in [-0.4, -0.2) is 68.3 Å². The first kappa shape index (κ1) is 53.2. The Balaban J connectivity index is 4.29. The summed E-state index contributed by atoms with van der Waals surface area (Å²) in [6.45, 7) is 4.28. The van der Waals surface area contributed by atoms with Gasteiger partial charge in [-0.05, 0) is 84.7 Å². The van der Waals surface area contributed by atoms with Crippen LogP contribution in [0.1, 0.15) is 194 Å². The van der Waals surface area contributed by atoms with Crippen molar-refractivity contribution < 1.29 is 37.6 Å². The summed E-state index contributed by atoms with van der Waals surface area (Å²) in [7, 11) is -0.717. The van der Waals surface area contributed by atoms with Gasteiger partial charge in [-0.1, -0.05) is 147 Å². The molecule has 2 unspecified atom stereocenters. The van der Waals surface area contributed by atoms with Gasteiger partial charge in [0.05, 0.1) is 13.2 Å². The quantitative estimate of drug-likeness (QED) is 0.0280. The zero-order valence-corrected chi connectivity index (χ0v) is 36.8. The van der Waals surface area contributed by atoms with E-state index in [1.165, 1.54) is 103 Å². The minimum atomic E-state index is -4.36. The van der Waals surface area contributed by atoms with Crippen molar-refractivity contribution in [2.45, 2.75) is 200 Å². The highest BCUT2D eigenvalue weighted by molar-refractivity contribution is 7.47. The number of likely N-dealkylation sites (N-methyl/N-ethyl adjacent to an activating group) is 1. The van der Waals surface area contributed by atoms with Crippen LogP contribution in [0.3, 0.4) is 0 Å². The molecule has 0 heterocycles. The van der Waals surface area contributed by atoms with Crippen molar-refractivity contribution >= 4 is 19.8 Å². The molecule has 10 heteroatoms. The number of hydrogen-bond acceptors (Lipinski definition) is 8. The van der Waals surface area contributed by atoms with E-state index in [2.05, 4.69) is 50.3 Å². The molecule has 0 amide bonds. The number of rotatable bonds is 41. The fourth-order valence-electron chi connectivity index (χ4n) is 5.95. The number of nitrogens with zero attached hydrogens (tertiary/aromatic N) is 1. The molecule has 0 saturated carbocycles. The minimum absolute atomic E-state index is 0.00495. The lowest BCUT2D eigenvalue weighted by atomic mass is 10.1. The second kappa shape index (κ2) is 40.4. The Bertz CT molecular complexity index is 1010. The maximum Gasteiger partial charge on any atom is 0.472 e. The van der Waals surface area contributed by atoms with E-state index >= 15 is 0 Å². The standard InChI is InChI=1S/C45H84NO8P/c1-5-7-9-11-13-15-17-19-21-22-24-26-28-30-32-34-36-38-45(48)54-43(42-53-55(49,50)52-40-39-46(3)4)41-51-44(47)37-35-33-31-29-27-25-23-20-18-16-14-12-10-8-6-2/h13,15-16,18-19,21,43H,5-12,14,17,20,22-42H2,1-4H3,(H,49,50)/b15-13-,18-16-,21-19-. The highest BCUT2D eigenvalue weighted by Gasteiger charge is 2.26. The third-order valence-electron chi connectivity index (χ3n) is 9.42. The highest BCUT2D eigenvalue weighted by Crippen LogP contribution is 2.43. The number of esters is 2. The number of unbranched alkanes of at least 4 members (excludes halogenated alkanes) is 21. The molecule has 0 aromatic carbocycles. The molecule has 2 atom stereocenters. The Hall–Kier alpha value is -1.77. The van der Waals surface area contributed by atoms with E-state index in [0.717, 1.165) is 57.8 Å². The van der Waals surface area contributed by atoms with Gasteiger partial charge in [0, 0.05) is 19.4 Å². The van der Waals surface area contributed by atoms with Crippen molar-refractivity contribution in [3.63, 3.8) is 0 Å². The molecule has 322 valence electrons. The van der Waals surface area contributed by atoms with Crippen LogP contribution in [0.4, 0.5) is 0 Å². The monoisotopic (exact) mass is 798 g/mol. The molecular weight excluding hydrogens is 713 g/mol. The van der Waals surface area contributed by atoms with Crippen LogP contribution in [-0.2, 0) is 32.7 Å². The first-order valence-corrected chi connectivity index (χ1v) is 23.8. The van der Waals surface area contributed by atoms with Gasteiger partial charge in [0.2, 0.25) is 0 Å². The molecule has 1 N–H and O–H groups in total. The molecule has 0 saturated heterocycles. The van der Waals surface area contributed by atoms with Crippen molar-refractivity contribution in [3.05, 3.63) is 36.5 Å². The summed E-state index contributed by atoms with van der Waals surface area (Å²) in [5.74, 6) is -0.815. The molecule has 0 aliphatic rings. The summed E-state index contributed by atoms with van der Waals surface area (Å²) in [6, 6.07) is 0. The zero-order valence-electron chi connectivity index (χ0n) is 35.9. The van der Waals surface area contributed by atoms with E-state index in [-0.39, 0.29) is 32.0 Å². The van der Waals surface area contributed by atoms with E-state index in [1.54, 1.807) is 0 Å². The third-order valence-corrected chi connectivity index (χ3v) is 10.4. The predicted molar refractivity (Wildman–Crippen MR) is 229 cm³/mol. The molecule has 0 aromatic heterocycles. The van der Waals surface area contributed by atoms with Crippen LogP contribution in [0.5, 0.6) is 0 Å². The van der Waals surface area contributed by atoms with Crippen LogP contribution in [0.15, 0.2) is 36.5 Å². The lowest BCUT2D eigenvalue weighted by Gasteiger charge is -2.20. The van der Waals surface area contributed by atoms with Crippen LogP contribution < -0.4 is 0 Å². The largest absolute Gasteiger partial charge is 0.472 e. The Morgan fingerprint density at radius 1 is 0.564 bits per heavy atom. The van der Waals surface area contributed by atoms with Gasteiger partial charge in [0.1, 0.15) is 6.61 Å². The predicted octanol–water partition coefficient (Wildman–Crippen LogP) is 12.8. The summed E-state index contributed by atoms with van der Waals surface area (Å²) in [5.41, 5.74) is 0. The molecule has 0 aromatic rings. The summed E-state index contributed by atoms with van der Waals surface area (Å²) < 4.78 is 33.5. The van der Waals surface area contributed by atoms with Gasteiger partial charge in [-0.15, -0.1) is 0 Å². The number of carbonyl (C=O) groups is 2. The molecule has 0 radical (unpaired) electrons. The maximum atomic E-state index is 12.7. The van der Waals surface area contributed by atoms with Crippen LogP contribution in [0, 0.1) is 0 Å². The van der Waals surface area contributed by atoms with Crippen molar-refractivity contribution in [3.8, 4) is 0 Å². The van der Waals surface area contributed by atoms with E-state index in [4.69, 9.17) is 18.5 Å². The molecule has 0 spiro atoms. The fourth-order valence-corrected chi connectivity index (χ4v) is 6.69. The van der Waals surface area contributed by atoms with Gasteiger partial charge in [-0.25, -0.2) is 4.57 Å².